The number of hydrogen-bond donors (Lipinski definition) is 0. The lowest BCUT2D eigenvalue weighted by Gasteiger charge is -2.09. The first kappa shape index (κ1) is 14.1. The van der Waals surface area contributed by atoms with E-state index in [2.05, 4.69) is 4.98 Å². The molecule has 0 saturated carbocycles. The van der Waals surface area contributed by atoms with Crippen LogP contribution >= 0.6 is 0 Å². The van der Waals surface area contributed by atoms with Crippen LogP contribution in [-0.4, -0.2) is 29.6 Å². The third-order valence-electron chi connectivity index (χ3n) is 3.17. The Morgan fingerprint density at radius 3 is 2.65 bits per heavy atom. The van der Waals surface area contributed by atoms with Gasteiger partial charge in [-0.05, 0) is 25.1 Å². The van der Waals surface area contributed by atoms with E-state index in [-0.39, 0.29) is 12.2 Å². The van der Waals surface area contributed by atoms with E-state index in [4.69, 9.17) is 9.47 Å². The van der Waals surface area contributed by atoms with Crippen molar-refractivity contribution in [1.29, 1.82) is 0 Å². The van der Waals surface area contributed by atoms with E-state index in [1.54, 1.807) is 38.6 Å². The molecule has 0 aliphatic rings. The van der Waals surface area contributed by atoms with Crippen molar-refractivity contribution in [1.82, 2.24) is 9.55 Å². The molecule has 0 bridgehead atoms. The smallest absolute Gasteiger partial charge is 0.170 e. The summed E-state index contributed by atoms with van der Waals surface area (Å²) in [5, 5.41) is 0. The quantitative estimate of drug-likeness (QED) is 0.759. The molecule has 0 N–H and O–H groups in total. The molecule has 0 spiro atoms. The standard InChI is InChI=1S/C15H18N2O3/c1-4-17-8-7-16-15(17)10-12(18)11-5-6-13(19-2)14(9-11)20-3/h5-9H,4,10H2,1-3H3. The topological polar surface area (TPSA) is 53.4 Å². The second kappa shape index (κ2) is 6.23. The monoisotopic (exact) mass is 274 g/mol. The minimum Gasteiger partial charge on any atom is -0.493 e. The first-order valence-electron chi connectivity index (χ1n) is 6.44. The largest absolute Gasteiger partial charge is 0.493 e. The average molecular weight is 274 g/mol. The van der Waals surface area contributed by atoms with E-state index in [9.17, 15) is 4.79 Å². The zero-order valence-corrected chi connectivity index (χ0v) is 11.9. The van der Waals surface area contributed by atoms with Gasteiger partial charge in [0.2, 0.25) is 0 Å². The molecular weight excluding hydrogens is 256 g/mol. The van der Waals surface area contributed by atoms with Gasteiger partial charge in [-0.3, -0.25) is 4.79 Å². The van der Waals surface area contributed by atoms with E-state index in [0.717, 1.165) is 12.4 Å². The van der Waals surface area contributed by atoms with Crippen molar-refractivity contribution in [2.75, 3.05) is 14.2 Å². The lowest BCUT2D eigenvalue weighted by atomic mass is 10.1. The molecule has 0 aliphatic heterocycles. The van der Waals surface area contributed by atoms with Crippen molar-refractivity contribution >= 4 is 5.78 Å². The Morgan fingerprint density at radius 2 is 2.00 bits per heavy atom. The first-order valence-corrected chi connectivity index (χ1v) is 6.44. The molecule has 106 valence electrons. The number of carbonyl (C=O) groups is 1. The number of nitrogens with zero attached hydrogens (tertiary/aromatic N) is 2. The highest BCUT2D eigenvalue weighted by atomic mass is 16.5. The molecule has 1 aromatic carbocycles. The van der Waals surface area contributed by atoms with Crippen LogP contribution in [0.15, 0.2) is 30.6 Å². The molecule has 0 saturated heterocycles. The van der Waals surface area contributed by atoms with Crippen LogP contribution in [0.5, 0.6) is 11.5 Å². The summed E-state index contributed by atoms with van der Waals surface area (Å²) >= 11 is 0. The van der Waals surface area contributed by atoms with Crippen molar-refractivity contribution < 1.29 is 14.3 Å². The summed E-state index contributed by atoms with van der Waals surface area (Å²) in [5.74, 6) is 1.94. The first-order chi connectivity index (χ1) is 9.69. The highest BCUT2D eigenvalue weighted by Crippen LogP contribution is 2.27. The maximum atomic E-state index is 12.3. The van der Waals surface area contributed by atoms with Gasteiger partial charge >= 0.3 is 0 Å². The van der Waals surface area contributed by atoms with Crippen molar-refractivity contribution in [2.24, 2.45) is 0 Å². The third-order valence-corrected chi connectivity index (χ3v) is 3.17. The fraction of sp³-hybridized carbons (Fsp3) is 0.333. The number of Topliss-reactive ketones (excluding diaryl/α,β-unsaturated/α-hetero) is 1. The maximum Gasteiger partial charge on any atom is 0.170 e. The van der Waals surface area contributed by atoms with E-state index in [0.29, 0.717) is 17.1 Å². The number of hydrogen-bond acceptors (Lipinski definition) is 4. The molecule has 2 aromatic rings. The summed E-state index contributed by atoms with van der Waals surface area (Å²) < 4.78 is 12.3. The van der Waals surface area contributed by atoms with E-state index in [1.807, 2.05) is 17.7 Å². The van der Waals surface area contributed by atoms with E-state index < -0.39 is 0 Å². The third kappa shape index (κ3) is 2.82. The number of imidazole rings is 1. The molecule has 0 fully saturated rings. The van der Waals surface area contributed by atoms with Crippen molar-refractivity contribution in [3.05, 3.63) is 42.0 Å². The van der Waals surface area contributed by atoms with Crippen LogP contribution in [0.25, 0.3) is 0 Å². The summed E-state index contributed by atoms with van der Waals surface area (Å²) in [7, 11) is 3.12. The summed E-state index contributed by atoms with van der Waals surface area (Å²) in [6.45, 7) is 2.82. The van der Waals surface area contributed by atoms with Crippen LogP contribution in [-0.2, 0) is 13.0 Å². The van der Waals surface area contributed by atoms with Gasteiger partial charge in [0.1, 0.15) is 5.82 Å². The van der Waals surface area contributed by atoms with Gasteiger partial charge in [-0.25, -0.2) is 4.98 Å². The SMILES string of the molecule is CCn1ccnc1CC(=O)c1ccc(OC)c(OC)c1. The number of ketones is 1. The minimum atomic E-state index is 0.00635. The van der Waals surface area contributed by atoms with Gasteiger partial charge in [0.25, 0.3) is 0 Å². The average Bonchev–Trinajstić information content (AvgIpc) is 2.93. The fourth-order valence-electron chi connectivity index (χ4n) is 2.05. The Hall–Kier alpha value is -2.30. The molecule has 0 aliphatic carbocycles. The van der Waals surface area contributed by atoms with Crippen molar-refractivity contribution in [2.45, 2.75) is 19.9 Å². The molecule has 2 rings (SSSR count). The highest BCUT2D eigenvalue weighted by Gasteiger charge is 2.13. The van der Waals surface area contributed by atoms with Crippen molar-refractivity contribution in [3.63, 3.8) is 0 Å². The summed E-state index contributed by atoms with van der Waals surface area (Å²) in [6, 6.07) is 5.17. The van der Waals surface area contributed by atoms with Gasteiger partial charge in [0, 0.05) is 24.5 Å². The van der Waals surface area contributed by atoms with Gasteiger partial charge in [-0.1, -0.05) is 0 Å². The highest BCUT2D eigenvalue weighted by molar-refractivity contribution is 5.97. The molecule has 5 nitrogen and oxygen atoms in total. The Balaban J connectivity index is 2.21. The maximum absolute atomic E-state index is 12.3. The second-order valence-corrected chi connectivity index (χ2v) is 4.30. The van der Waals surface area contributed by atoms with Gasteiger partial charge in [0.15, 0.2) is 17.3 Å². The van der Waals surface area contributed by atoms with E-state index in [1.165, 1.54) is 0 Å². The van der Waals surface area contributed by atoms with Crippen LogP contribution in [0.2, 0.25) is 0 Å². The van der Waals surface area contributed by atoms with Crippen LogP contribution in [0, 0.1) is 0 Å². The number of benzene rings is 1. The van der Waals surface area contributed by atoms with Crippen LogP contribution < -0.4 is 9.47 Å². The minimum absolute atomic E-state index is 0.00635. The van der Waals surface area contributed by atoms with Gasteiger partial charge < -0.3 is 14.0 Å². The van der Waals surface area contributed by atoms with Crippen LogP contribution in [0.1, 0.15) is 23.1 Å². The lowest BCUT2D eigenvalue weighted by molar-refractivity contribution is 0.0989. The van der Waals surface area contributed by atoms with Crippen LogP contribution in [0.4, 0.5) is 0 Å². The number of ether oxygens (including phenoxy) is 2. The number of aryl methyl sites for hydroxylation is 1. The summed E-state index contributed by atoms with van der Waals surface area (Å²) in [5.41, 5.74) is 0.591. The number of rotatable bonds is 6. The summed E-state index contributed by atoms with van der Waals surface area (Å²) in [6.07, 6.45) is 3.86. The van der Waals surface area contributed by atoms with Crippen LogP contribution in [0.3, 0.4) is 0 Å². The molecule has 0 unspecified atom stereocenters. The normalized spacial score (nSPS) is 10.3. The Labute approximate surface area is 118 Å². The molecule has 0 atom stereocenters. The lowest BCUT2D eigenvalue weighted by Crippen LogP contribution is -2.10. The molecule has 0 radical (unpaired) electrons. The number of methoxy groups -OCH3 is 2. The van der Waals surface area contributed by atoms with E-state index >= 15 is 0 Å². The summed E-state index contributed by atoms with van der Waals surface area (Å²) in [4.78, 5) is 16.5. The fourth-order valence-corrected chi connectivity index (χ4v) is 2.05. The van der Waals surface area contributed by atoms with Gasteiger partial charge in [0.05, 0.1) is 20.6 Å². The Bertz CT molecular complexity index is 605. The molecule has 0 amide bonds. The molecule has 1 aromatic heterocycles. The van der Waals surface area contributed by atoms with Crippen molar-refractivity contribution in [3.8, 4) is 11.5 Å². The van der Waals surface area contributed by atoms with Gasteiger partial charge in [-0.15, -0.1) is 0 Å². The predicted octanol–water partition coefficient (Wildman–Crippen LogP) is 2.35. The number of aromatic nitrogens is 2. The molecule has 1 heterocycles. The number of carbonyl (C=O) groups excluding carboxylic acids is 1. The molecule has 5 heteroatoms. The van der Waals surface area contributed by atoms with Gasteiger partial charge in [-0.2, -0.15) is 0 Å². The zero-order valence-electron chi connectivity index (χ0n) is 11.9. The Morgan fingerprint density at radius 1 is 1.25 bits per heavy atom. The zero-order chi connectivity index (χ0) is 14.5. The molecular formula is C15H18N2O3. The second-order valence-electron chi connectivity index (χ2n) is 4.30. The molecule has 20 heavy (non-hydrogen) atoms. The Kier molecular flexibility index (Phi) is 4.40. The predicted molar refractivity (Wildman–Crippen MR) is 75.5 cm³/mol.